The number of rotatable bonds is 11. The highest BCUT2D eigenvalue weighted by molar-refractivity contribution is 5.99. The van der Waals surface area contributed by atoms with Gasteiger partial charge in [-0.2, -0.15) is 0 Å². The standard InChI is InChI=1S/C27H29NO6/c1-28(26(31)25-22(32-2)15-10-16-23(25)33-3)17-18-34-27(19-24(29)30,20-11-6-4-7-12-20)21-13-8-5-9-14-21/h4-16H,17-19H2,1-3H3,(H,29,30). The molecule has 3 aromatic rings. The molecule has 0 aliphatic heterocycles. The van der Waals surface area contributed by atoms with E-state index >= 15 is 0 Å². The van der Waals surface area contributed by atoms with E-state index in [9.17, 15) is 14.7 Å². The zero-order valence-electron chi connectivity index (χ0n) is 19.6. The van der Waals surface area contributed by atoms with E-state index in [0.717, 1.165) is 11.1 Å². The van der Waals surface area contributed by atoms with Crippen LogP contribution in [0, 0.1) is 0 Å². The summed E-state index contributed by atoms with van der Waals surface area (Å²) in [6, 6.07) is 23.7. The Labute approximate surface area is 199 Å². The minimum Gasteiger partial charge on any atom is -0.496 e. The molecule has 0 aromatic heterocycles. The highest BCUT2D eigenvalue weighted by Crippen LogP contribution is 2.37. The molecule has 0 saturated heterocycles. The Hall–Kier alpha value is -3.84. The number of carbonyl (C=O) groups excluding carboxylic acids is 1. The van der Waals surface area contributed by atoms with Crippen LogP contribution in [0.3, 0.4) is 0 Å². The molecule has 0 radical (unpaired) electrons. The van der Waals surface area contributed by atoms with Crippen molar-refractivity contribution in [2.45, 2.75) is 12.0 Å². The number of carboxylic acid groups (broad SMARTS) is 1. The second-order valence-electron chi connectivity index (χ2n) is 7.74. The molecule has 0 aliphatic rings. The largest absolute Gasteiger partial charge is 0.496 e. The molecule has 0 atom stereocenters. The number of amides is 1. The normalized spacial score (nSPS) is 11.0. The van der Waals surface area contributed by atoms with Gasteiger partial charge in [-0.25, -0.2) is 0 Å². The fraction of sp³-hybridized carbons (Fsp3) is 0.259. The number of hydrogen-bond donors (Lipinski definition) is 1. The minimum atomic E-state index is -1.21. The molecule has 1 amide bonds. The van der Waals surface area contributed by atoms with Gasteiger partial charge in [0.05, 0.1) is 27.2 Å². The van der Waals surface area contributed by atoms with Crippen molar-refractivity contribution in [3.8, 4) is 11.5 Å². The Kier molecular flexibility index (Phi) is 8.27. The van der Waals surface area contributed by atoms with Crippen LogP contribution < -0.4 is 9.47 Å². The highest BCUT2D eigenvalue weighted by atomic mass is 16.5. The molecule has 0 heterocycles. The van der Waals surface area contributed by atoms with Crippen LogP contribution in [0.2, 0.25) is 0 Å². The predicted octanol–water partition coefficient (Wildman–Crippen LogP) is 4.21. The quantitative estimate of drug-likeness (QED) is 0.459. The van der Waals surface area contributed by atoms with E-state index in [1.54, 1.807) is 25.2 Å². The summed E-state index contributed by atoms with van der Waals surface area (Å²) in [5, 5.41) is 9.76. The van der Waals surface area contributed by atoms with Crippen LogP contribution >= 0.6 is 0 Å². The molecule has 0 bridgehead atoms. The summed E-state index contributed by atoms with van der Waals surface area (Å²) >= 11 is 0. The van der Waals surface area contributed by atoms with Gasteiger partial charge in [0, 0.05) is 13.6 Å². The second kappa shape index (κ2) is 11.3. The van der Waals surface area contributed by atoms with Crippen molar-refractivity contribution in [3.05, 3.63) is 95.6 Å². The first kappa shape index (κ1) is 24.8. The average molecular weight is 464 g/mol. The number of carboxylic acids is 1. The van der Waals surface area contributed by atoms with Crippen molar-refractivity contribution < 1.29 is 28.9 Å². The number of hydrogen-bond acceptors (Lipinski definition) is 5. The van der Waals surface area contributed by atoms with E-state index < -0.39 is 11.6 Å². The number of aliphatic carboxylic acids is 1. The van der Waals surface area contributed by atoms with E-state index in [2.05, 4.69) is 0 Å². The molecule has 34 heavy (non-hydrogen) atoms. The third kappa shape index (κ3) is 5.38. The number of ether oxygens (including phenoxy) is 3. The van der Waals surface area contributed by atoms with Crippen LogP contribution in [-0.4, -0.2) is 56.3 Å². The molecule has 0 aliphatic carbocycles. The van der Waals surface area contributed by atoms with E-state index in [1.165, 1.54) is 19.1 Å². The van der Waals surface area contributed by atoms with Gasteiger partial charge < -0.3 is 24.2 Å². The molecule has 3 rings (SSSR count). The number of carbonyl (C=O) groups is 2. The Balaban J connectivity index is 1.87. The summed E-state index contributed by atoms with van der Waals surface area (Å²) in [7, 11) is 4.64. The highest BCUT2D eigenvalue weighted by Gasteiger charge is 2.38. The Bertz CT molecular complexity index is 1040. The summed E-state index contributed by atoms with van der Waals surface area (Å²) in [5.41, 5.74) is 0.561. The van der Waals surface area contributed by atoms with Crippen molar-refractivity contribution in [1.82, 2.24) is 4.90 Å². The monoisotopic (exact) mass is 463 g/mol. The molecule has 1 N–H and O–H groups in total. The molecule has 3 aromatic carbocycles. The van der Waals surface area contributed by atoms with E-state index in [4.69, 9.17) is 14.2 Å². The van der Waals surface area contributed by atoms with Crippen molar-refractivity contribution in [2.75, 3.05) is 34.4 Å². The van der Waals surface area contributed by atoms with Crippen molar-refractivity contribution in [1.29, 1.82) is 0 Å². The van der Waals surface area contributed by atoms with Crippen LogP contribution in [0.5, 0.6) is 11.5 Å². The summed E-state index contributed by atoms with van der Waals surface area (Å²) in [6.07, 6.45) is -0.265. The maximum Gasteiger partial charge on any atom is 0.307 e. The van der Waals surface area contributed by atoms with E-state index in [1.807, 2.05) is 60.7 Å². The van der Waals surface area contributed by atoms with Gasteiger partial charge in [-0.05, 0) is 23.3 Å². The van der Waals surface area contributed by atoms with Crippen molar-refractivity contribution in [2.24, 2.45) is 0 Å². The van der Waals surface area contributed by atoms with Gasteiger partial charge in [-0.3, -0.25) is 9.59 Å². The van der Waals surface area contributed by atoms with Gasteiger partial charge in [0.2, 0.25) is 0 Å². The van der Waals surface area contributed by atoms with Crippen LogP contribution in [0.1, 0.15) is 27.9 Å². The molecule has 7 heteroatoms. The zero-order chi connectivity index (χ0) is 24.6. The molecular formula is C27H29NO6. The van der Waals surface area contributed by atoms with Gasteiger partial charge in [-0.1, -0.05) is 66.7 Å². The average Bonchev–Trinajstić information content (AvgIpc) is 2.87. The topological polar surface area (TPSA) is 85.3 Å². The maximum atomic E-state index is 13.2. The Morgan fingerprint density at radius 3 is 1.76 bits per heavy atom. The van der Waals surface area contributed by atoms with E-state index in [0.29, 0.717) is 17.1 Å². The van der Waals surface area contributed by atoms with E-state index in [-0.39, 0.29) is 25.5 Å². The van der Waals surface area contributed by atoms with Gasteiger partial charge in [0.15, 0.2) is 0 Å². The molecular weight excluding hydrogens is 434 g/mol. The lowest BCUT2D eigenvalue weighted by Crippen LogP contribution is -2.38. The third-order valence-corrected chi connectivity index (χ3v) is 5.64. The van der Waals surface area contributed by atoms with Crippen LogP contribution in [0.15, 0.2) is 78.9 Å². The van der Waals surface area contributed by atoms with Crippen LogP contribution in [0.4, 0.5) is 0 Å². The van der Waals surface area contributed by atoms with Crippen LogP contribution in [0.25, 0.3) is 0 Å². The molecule has 0 spiro atoms. The predicted molar refractivity (Wildman–Crippen MR) is 128 cm³/mol. The molecule has 0 unspecified atom stereocenters. The number of benzene rings is 3. The fourth-order valence-electron chi connectivity index (χ4n) is 3.93. The number of methoxy groups -OCH3 is 2. The summed E-state index contributed by atoms with van der Waals surface area (Å²) in [5.74, 6) is -0.464. The van der Waals surface area contributed by atoms with Crippen molar-refractivity contribution >= 4 is 11.9 Å². The zero-order valence-corrected chi connectivity index (χ0v) is 19.6. The first-order chi connectivity index (χ1) is 16.4. The Morgan fingerprint density at radius 2 is 1.32 bits per heavy atom. The number of likely N-dealkylation sites (N-methyl/N-ethyl adjacent to an activating group) is 1. The first-order valence-electron chi connectivity index (χ1n) is 10.9. The smallest absolute Gasteiger partial charge is 0.307 e. The Morgan fingerprint density at radius 1 is 0.824 bits per heavy atom. The summed E-state index contributed by atoms with van der Waals surface area (Å²) in [6.45, 7) is 0.331. The summed E-state index contributed by atoms with van der Waals surface area (Å²) in [4.78, 5) is 26.6. The fourth-order valence-corrected chi connectivity index (χ4v) is 3.93. The van der Waals surface area contributed by atoms with Gasteiger partial charge in [0.25, 0.3) is 5.91 Å². The van der Waals surface area contributed by atoms with Crippen LogP contribution in [-0.2, 0) is 15.1 Å². The first-order valence-corrected chi connectivity index (χ1v) is 10.9. The lowest BCUT2D eigenvalue weighted by atomic mass is 9.83. The maximum absolute atomic E-state index is 13.2. The second-order valence-corrected chi connectivity index (χ2v) is 7.74. The minimum absolute atomic E-state index is 0.108. The molecule has 178 valence electrons. The van der Waals surface area contributed by atoms with Gasteiger partial charge in [0.1, 0.15) is 22.7 Å². The summed E-state index contributed by atoms with van der Waals surface area (Å²) < 4.78 is 17.1. The third-order valence-electron chi connectivity index (χ3n) is 5.64. The van der Waals surface area contributed by atoms with Gasteiger partial charge >= 0.3 is 5.97 Å². The molecule has 0 saturated carbocycles. The van der Waals surface area contributed by atoms with Crippen molar-refractivity contribution in [3.63, 3.8) is 0 Å². The molecule has 7 nitrogen and oxygen atoms in total. The SMILES string of the molecule is COc1cccc(OC)c1C(=O)N(C)CCOC(CC(=O)O)(c1ccccc1)c1ccccc1. The number of nitrogens with zero attached hydrogens (tertiary/aromatic N) is 1. The lowest BCUT2D eigenvalue weighted by Gasteiger charge is -2.34. The lowest BCUT2D eigenvalue weighted by molar-refractivity contribution is -0.144. The molecule has 0 fully saturated rings. The van der Waals surface area contributed by atoms with Gasteiger partial charge in [-0.15, -0.1) is 0 Å².